The van der Waals surface area contributed by atoms with E-state index < -0.39 is 17.6 Å². The molecule has 1 amide bonds. The summed E-state index contributed by atoms with van der Waals surface area (Å²) < 4.78 is 37.9. The lowest BCUT2D eigenvalue weighted by molar-refractivity contribution is -0.137. The first-order chi connectivity index (χ1) is 8.46. The maximum absolute atomic E-state index is 12.6. The number of alkyl halides is 3. The minimum absolute atomic E-state index is 0.00495. The maximum atomic E-state index is 12.6. The number of hydrogen-bond donors (Lipinski definition) is 2. The topological polar surface area (TPSA) is 49.3 Å². The summed E-state index contributed by atoms with van der Waals surface area (Å²) in [7, 11) is 0. The molecule has 0 fully saturated rings. The molecule has 0 unspecified atom stereocenters. The molecular formula is C12H14F3NO2. The fraction of sp³-hybridized carbons (Fsp3) is 0.417. The Morgan fingerprint density at radius 3 is 2.50 bits per heavy atom. The highest BCUT2D eigenvalue weighted by Gasteiger charge is 2.34. The maximum Gasteiger partial charge on any atom is 0.417 e. The number of nitrogens with one attached hydrogen (secondary N) is 1. The van der Waals surface area contributed by atoms with Crippen molar-refractivity contribution in [3.63, 3.8) is 0 Å². The zero-order chi connectivity index (χ0) is 13.6. The number of benzene rings is 1. The molecule has 100 valence electrons. The lowest BCUT2D eigenvalue weighted by Gasteiger charge is -2.12. The Balaban J connectivity index is 2.74. The highest BCUT2D eigenvalue weighted by molar-refractivity contribution is 5.95. The Kier molecular flexibility index (Phi) is 5.15. The lowest BCUT2D eigenvalue weighted by Crippen LogP contribution is -2.27. The van der Waals surface area contributed by atoms with Crippen LogP contribution in [0.4, 0.5) is 13.2 Å². The van der Waals surface area contributed by atoms with E-state index in [1.807, 2.05) is 0 Å². The second kappa shape index (κ2) is 6.39. The molecule has 1 rings (SSSR count). The predicted molar refractivity (Wildman–Crippen MR) is 60.1 cm³/mol. The van der Waals surface area contributed by atoms with Gasteiger partial charge in [-0.15, -0.1) is 0 Å². The molecule has 1 aromatic rings. The van der Waals surface area contributed by atoms with Gasteiger partial charge in [0.05, 0.1) is 11.1 Å². The van der Waals surface area contributed by atoms with Crippen LogP contribution in [0.25, 0.3) is 0 Å². The zero-order valence-electron chi connectivity index (χ0n) is 9.63. The highest BCUT2D eigenvalue weighted by Crippen LogP contribution is 2.31. The van der Waals surface area contributed by atoms with Gasteiger partial charge in [-0.3, -0.25) is 4.79 Å². The molecule has 0 aliphatic heterocycles. The molecule has 0 aliphatic carbocycles. The Hall–Kier alpha value is -1.56. The minimum Gasteiger partial charge on any atom is -0.396 e. The molecular weight excluding hydrogens is 247 g/mol. The summed E-state index contributed by atoms with van der Waals surface area (Å²) in [6.45, 7) is 0.237. The first-order valence-electron chi connectivity index (χ1n) is 5.52. The molecule has 3 nitrogen and oxygen atoms in total. The van der Waals surface area contributed by atoms with Crippen LogP contribution in [0, 0.1) is 0 Å². The monoisotopic (exact) mass is 261 g/mol. The number of halogens is 3. The third-order valence-corrected chi connectivity index (χ3v) is 2.35. The molecule has 0 bridgehead atoms. The molecule has 0 aliphatic rings. The van der Waals surface area contributed by atoms with Crippen molar-refractivity contribution >= 4 is 5.91 Å². The molecule has 2 N–H and O–H groups in total. The first kappa shape index (κ1) is 14.5. The van der Waals surface area contributed by atoms with Crippen LogP contribution in [-0.4, -0.2) is 24.2 Å². The molecule has 0 radical (unpaired) electrons. The second-order valence-corrected chi connectivity index (χ2v) is 3.73. The molecule has 18 heavy (non-hydrogen) atoms. The van der Waals surface area contributed by atoms with Gasteiger partial charge in [0.1, 0.15) is 0 Å². The summed E-state index contributed by atoms with van der Waals surface area (Å²) in [4.78, 5) is 11.6. The number of carbonyl (C=O) groups is 1. The summed E-state index contributed by atoms with van der Waals surface area (Å²) in [5, 5.41) is 10.9. The van der Waals surface area contributed by atoms with Gasteiger partial charge in [-0.1, -0.05) is 12.1 Å². The van der Waals surface area contributed by atoms with Gasteiger partial charge in [-0.2, -0.15) is 13.2 Å². The molecule has 1 aromatic carbocycles. The minimum atomic E-state index is -4.54. The van der Waals surface area contributed by atoms with Crippen LogP contribution in [0.1, 0.15) is 28.8 Å². The van der Waals surface area contributed by atoms with E-state index in [-0.39, 0.29) is 18.7 Å². The number of hydrogen-bond acceptors (Lipinski definition) is 2. The third kappa shape index (κ3) is 4.03. The normalized spacial score (nSPS) is 11.3. The van der Waals surface area contributed by atoms with Crippen molar-refractivity contribution < 1.29 is 23.1 Å². The van der Waals surface area contributed by atoms with Gasteiger partial charge in [-0.25, -0.2) is 0 Å². The van der Waals surface area contributed by atoms with Crippen molar-refractivity contribution in [3.8, 4) is 0 Å². The largest absolute Gasteiger partial charge is 0.417 e. The summed E-state index contributed by atoms with van der Waals surface area (Å²) in [5.41, 5.74) is -1.32. The standard InChI is InChI=1S/C12H14F3NO2/c13-12(14,15)10-6-2-1-5-9(10)11(18)16-7-3-4-8-17/h1-2,5-6,17H,3-4,7-8H2,(H,16,18). The van der Waals surface area contributed by atoms with Crippen molar-refractivity contribution in [2.45, 2.75) is 19.0 Å². The second-order valence-electron chi connectivity index (χ2n) is 3.73. The van der Waals surface area contributed by atoms with Crippen molar-refractivity contribution in [2.75, 3.05) is 13.2 Å². The number of amides is 1. The Bertz CT molecular complexity index is 405. The first-order valence-corrected chi connectivity index (χ1v) is 5.52. The van der Waals surface area contributed by atoms with Crippen LogP contribution >= 0.6 is 0 Å². The van der Waals surface area contributed by atoms with E-state index >= 15 is 0 Å². The molecule has 6 heteroatoms. The fourth-order valence-electron chi connectivity index (χ4n) is 1.46. The van der Waals surface area contributed by atoms with Crippen LogP contribution in [0.2, 0.25) is 0 Å². The Labute approximate surface area is 103 Å². The molecule has 0 saturated heterocycles. The van der Waals surface area contributed by atoms with E-state index in [4.69, 9.17) is 5.11 Å². The van der Waals surface area contributed by atoms with Gasteiger partial charge in [-0.05, 0) is 25.0 Å². The summed E-state index contributed by atoms with van der Waals surface area (Å²) in [6.07, 6.45) is -3.52. The van der Waals surface area contributed by atoms with Crippen molar-refractivity contribution in [1.82, 2.24) is 5.32 Å². The van der Waals surface area contributed by atoms with Crippen molar-refractivity contribution in [1.29, 1.82) is 0 Å². The summed E-state index contributed by atoms with van der Waals surface area (Å²) in [6, 6.07) is 4.65. The van der Waals surface area contributed by atoms with E-state index in [1.54, 1.807) is 0 Å². The average molecular weight is 261 g/mol. The van der Waals surface area contributed by atoms with E-state index in [0.29, 0.717) is 12.8 Å². The van der Waals surface area contributed by atoms with E-state index in [2.05, 4.69) is 5.32 Å². The van der Waals surface area contributed by atoms with E-state index in [1.165, 1.54) is 12.1 Å². The molecule has 0 spiro atoms. The quantitative estimate of drug-likeness (QED) is 0.798. The van der Waals surface area contributed by atoms with Crippen molar-refractivity contribution in [2.24, 2.45) is 0 Å². The number of aliphatic hydroxyl groups excluding tert-OH is 1. The Morgan fingerprint density at radius 1 is 1.22 bits per heavy atom. The summed E-state index contributed by atoms with van der Waals surface area (Å²) >= 11 is 0. The number of unbranched alkanes of at least 4 members (excludes halogenated alkanes) is 1. The highest BCUT2D eigenvalue weighted by atomic mass is 19.4. The molecule has 0 saturated carbocycles. The number of aliphatic hydroxyl groups is 1. The smallest absolute Gasteiger partial charge is 0.396 e. The van der Waals surface area contributed by atoms with Gasteiger partial charge in [0.25, 0.3) is 5.91 Å². The van der Waals surface area contributed by atoms with Crippen LogP contribution < -0.4 is 5.32 Å². The predicted octanol–water partition coefficient (Wildman–Crippen LogP) is 2.21. The van der Waals surface area contributed by atoms with Gasteiger partial charge in [0.2, 0.25) is 0 Å². The van der Waals surface area contributed by atoms with Crippen molar-refractivity contribution in [3.05, 3.63) is 35.4 Å². The lowest BCUT2D eigenvalue weighted by atomic mass is 10.1. The van der Waals surface area contributed by atoms with Crippen LogP contribution in [0.15, 0.2) is 24.3 Å². The van der Waals surface area contributed by atoms with Crippen LogP contribution in [0.3, 0.4) is 0 Å². The zero-order valence-corrected chi connectivity index (χ0v) is 9.63. The van der Waals surface area contributed by atoms with Gasteiger partial charge in [0, 0.05) is 13.2 Å². The number of rotatable bonds is 5. The van der Waals surface area contributed by atoms with E-state index in [9.17, 15) is 18.0 Å². The SMILES string of the molecule is O=C(NCCCCO)c1ccccc1C(F)(F)F. The average Bonchev–Trinajstić information content (AvgIpc) is 2.33. The van der Waals surface area contributed by atoms with Gasteiger partial charge >= 0.3 is 6.18 Å². The summed E-state index contributed by atoms with van der Waals surface area (Å²) in [5.74, 6) is -0.749. The fourth-order valence-corrected chi connectivity index (χ4v) is 1.46. The molecule has 0 aromatic heterocycles. The van der Waals surface area contributed by atoms with Gasteiger partial charge in [0.15, 0.2) is 0 Å². The molecule has 0 atom stereocenters. The van der Waals surface area contributed by atoms with E-state index in [0.717, 1.165) is 12.1 Å². The Morgan fingerprint density at radius 2 is 1.89 bits per heavy atom. The molecule has 0 heterocycles. The third-order valence-electron chi connectivity index (χ3n) is 2.35. The van der Waals surface area contributed by atoms with Crippen LogP contribution in [-0.2, 0) is 6.18 Å². The van der Waals surface area contributed by atoms with Crippen LogP contribution in [0.5, 0.6) is 0 Å². The number of carbonyl (C=O) groups excluding carboxylic acids is 1. The van der Waals surface area contributed by atoms with Gasteiger partial charge < -0.3 is 10.4 Å².